The van der Waals surface area contributed by atoms with Crippen molar-refractivity contribution in [2.45, 2.75) is 20.5 Å². The zero-order valence-electron chi connectivity index (χ0n) is 16.9. The molecule has 158 valence electrons. The van der Waals surface area contributed by atoms with Crippen molar-refractivity contribution in [2.75, 3.05) is 20.3 Å². The molecule has 0 amide bonds. The summed E-state index contributed by atoms with van der Waals surface area (Å²) in [6.45, 7) is 4.26. The standard InChI is InChI=1S/C22H22ClNO6/c1-14-19(15(2)30-24-14)13-29-20-8-7-16(11-21(20)26-3)22(25)28-10-9-27-18-6-4-5-17(23)12-18/h4-8,11-12H,9-10,13H2,1-3H3. The first-order valence-corrected chi connectivity index (χ1v) is 9.64. The Morgan fingerprint density at radius 3 is 2.60 bits per heavy atom. The number of carbonyl (C=O) groups excluding carboxylic acids is 1. The summed E-state index contributed by atoms with van der Waals surface area (Å²) in [5, 5.41) is 4.48. The summed E-state index contributed by atoms with van der Waals surface area (Å²) in [5.41, 5.74) is 1.99. The second-order valence-corrected chi connectivity index (χ2v) is 6.84. The monoisotopic (exact) mass is 431 g/mol. The maximum absolute atomic E-state index is 12.3. The van der Waals surface area contributed by atoms with Gasteiger partial charge in [0.1, 0.15) is 31.3 Å². The van der Waals surface area contributed by atoms with Crippen molar-refractivity contribution < 1.29 is 28.3 Å². The molecule has 7 nitrogen and oxygen atoms in total. The van der Waals surface area contributed by atoms with Gasteiger partial charge in [-0.1, -0.05) is 22.8 Å². The molecule has 0 N–H and O–H groups in total. The number of hydrogen-bond acceptors (Lipinski definition) is 7. The fourth-order valence-corrected chi connectivity index (χ4v) is 2.89. The third-order valence-electron chi connectivity index (χ3n) is 4.33. The topological polar surface area (TPSA) is 80.0 Å². The minimum atomic E-state index is -0.486. The molecule has 0 saturated carbocycles. The number of aryl methyl sites for hydroxylation is 2. The van der Waals surface area contributed by atoms with Crippen LogP contribution in [0.2, 0.25) is 5.02 Å². The first-order valence-electron chi connectivity index (χ1n) is 9.26. The van der Waals surface area contributed by atoms with Crippen LogP contribution in [-0.4, -0.2) is 31.4 Å². The van der Waals surface area contributed by atoms with E-state index in [1.807, 2.05) is 13.8 Å². The number of halogens is 1. The Hall–Kier alpha value is -3.19. The van der Waals surface area contributed by atoms with E-state index in [2.05, 4.69) is 5.16 Å². The Morgan fingerprint density at radius 1 is 1.07 bits per heavy atom. The maximum Gasteiger partial charge on any atom is 0.338 e. The molecular formula is C22H22ClNO6. The maximum atomic E-state index is 12.3. The van der Waals surface area contributed by atoms with E-state index in [0.717, 1.165) is 11.3 Å². The third-order valence-corrected chi connectivity index (χ3v) is 4.57. The van der Waals surface area contributed by atoms with Gasteiger partial charge in [-0.05, 0) is 50.2 Å². The second kappa shape index (κ2) is 10.0. The molecule has 1 heterocycles. The zero-order chi connectivity index (χ0) is 21.5. The molecule has 0 unspecified atom stereocenters. The van der Waals surface area contributed by atoms with Gasteiger partial charge in [0.25, 0.3) is 0 Å². The molecule has 0 saturated heterocycles. The first-order chi connectivity index (χ1) is 14.5. The Bertz CT molecular complexity index is 997. The summed E-state index contributed by atoms with van der Waals surface area (Å²) >= 11 is 5.90. The summed E-state index contributed by atoms with van der Waals surface area (Å²) < 4.78 is 27.1. The Labute approximate surface area is 179 Å². The number of rotatable bonds is 9. The number of aromatic nitrogens is 1. The van der Waals surface area contributed by atoms with Gasteiger partial charge in [-0.2, -0.15) is 0 Å². The van der Waals surface area contributed by atoms with Crippen molar-refractivity contribution in [1.82, 2.24) is 5.16 Å². The lowest BCUT2D eigenvalue weighted by atomic mass is 10.2. The number of ether oxygens (including phenoxy) is 4. The average molecular weight is 432 g/mol. The molecule has 0 aliphatic carbocycles. The van der Waals surface area contributed by atoms with Crippen molar-refractivity contribution in [3.63, 3.8) is 0 Å². The van der Waals surface area contributed by atoms with Crippen LogP contribution in [0.3, 0.4) is 0 Å². The van der Waals surface area contributed by atoms with E-state index in [-0.39, 0.29) is 19.8 Å². The van der Waals surface area contributed by atoms with E-state index in [4.69, 9.17) is 35.1 Å². The van der Waals surface area contributed by atoms with E-state index in [9.17, 15) is 4.79 Å². The smallest absolute Gasteiger partial charge is 0.338 e. The Kier molecular flexibility index (Phi) is 7.19. The summed E-state index contributed by atoms with van der Waals surface area (Å²) in [4.78, 5) is 12.3. The number of esters is 1. The van der Waals surface area contributed by atoms with Crippen LogP contribution in [0.4, 0.5) is 0 Å². The van der Waals surface area contributed by atoms with Crippen LogP contribution in [0.15, 0.2) is 47.0 Å². The van der Waals surface area contributed by atoms with Crippen molar-refractivity contribution in [2.24, 2.45) is 0 Å². The second-order valence-electron chi connectivity index (χ2n) is 6.40. The normalized spacial score (nSPS) is 10.5. The minimum absolute atomic E-state index is 0.0952. The number of methoxy groups -OCH3 is 1. The molecule has 0 aliphatic rings. The van der Waals surface area contributed by atoms with Gasteiger partial charge < -0.3 is 23.5 Å². The Morgan fingerprint density at radius 2 is 1.90 bits per heavy atom. The van der Waals surface area contributed by atoms with Crippen molar-refractivity contribution in [3.8, 4) is 17.2 Å². The van der Waals surface area contributed by atoms with Crippen LogP contribution < -0.4 is 14.2 Å². The van der Waals surface area contributed by atoms with Gasteiger partial charge in [-0.15, -0.1) is 0 Å². The molecule has 3 aromatic rings. The molecule has 1 aromatic heterocycles. The highest BCUT2D eigenvalue weighted by atomic mass is 35.5. The van der Waals surface area contributed by atoms with Crippen LogP contribution in [0.5, 0.6) is 17.2 Å². The zero-order valence-corrected chi connectivity index (χ0v) is 17.7. The molecule has 0 radical (unpaired) electrons. The van der Waals surface area contributed by atoms with Crippen LogP contribution in [0.25, 0.3) is 0 Å². The number of benzene rings is 2. The Balaban J connectivity index is 1.54. The summed E-state index contributed by atoms with van der Waals surface area (Å²) in [6, 6.07) is 11.9. The predicted octanol–water partition coefficient (Wildman–Crippen LogP) is 4.77. The molecule has 0 bridgehead atoms. The van der Waals surface area contributed by atoms with Gasteiger partial charge in [-0.25, -0.2) is 4.79 Å². The summed E-state index contributed by atoms with van der Waals surface area (Å²) in [6.07, 6.45) is 0. The molecule has 0 spiro atoms. The molecule has 2 aromatic carbocycles. The fraction of sp³-hybridized carbons (Fsp3) is 0.273. The highest BCUT2D eigenvalue weighted by Gasteiger charge is 2.15. The van der Waals surface area contributed by atoms with E-state index < -0.39 is 5.97 Å². The lowest BCUT2D eigenvalue weighted by Crippen LogP contribution is -2.12. The van der Waals surface area contributed by atoms with E-state index in [1.54, 1.807) is 42.5 Å². The number of hydrogen-bond donors (Lipinski definition) is 0. The molecule has 0 atom stereocenters. The molecule has 8 heteroatoms. The molecule has 3 rings (SSSR count). The molecule has 30 heavy (non-hydrogen) atoms. The lowest BCUT2D eigenvalue weighted by molar-refractivity contribution is 0.0450. The largest absolute Gasteiger partial charge is 0.493 e. The summed E-state index contributed by atoms with van der Waals surface area (Å²) in [7, 11) is 1.51. The first kappa shape index (κ1) is 21.5. The SMILES string of the molecule is COc1cc(C(=O)OCCOc2cccc(Cl)c2)ccc1OCc1c(C)noc1C. The number of nitrogens with zero attached hydrogens (tertiary/aromatic N) is 1. The van der Waals surface area contributed by atoms with E-state index in [1.165, 1.54) is 7.11 Å². The van der Waals surface area contributed by atoms with Crippen LogP contribution in [-0.2, 0) is 11.3 Å². The van der Waals surface area contributed by atoms with Gasteiger partial charge in [0, 0.05) is 5.02 Å². The lowest BCUT2D eigenvalue weighted by Gasteiger charge is -2.12. The van der Waals surface area contributed by atoms with Gasteiger partial charge >= 0.3 is 5.97 Å². The van der Waals surface area contributed by atoms with Crippen molar-refractivity contribution in [3.05, 3.63) is 70.1 Å². The van der Waals surface area contributed by atoms with E-state index in [0.29, 0.717) is 33.6 Å². The summed E-state index contributed by atoms with van der Waals surface area (Å²) in [5.74, 6) is 1.75. The molecule has 0 aliphatic heterocycles. The fourth-order valence-electron chi connectivity index (χ4n) is 2.71. The third kappa shape index (κ3) is 5.45. The predicted molar refractivity (Wildman–Crippen MR) is 111 cm³/mol. The van der Waals surface area contributed by atoms with Crippen molar-refractivity contribution in [1.29, 1.82) is 0 Å². The minimum Gasteiger partial charge on any atom is -0.493 e. The highest BCUT2D eigenvalue weighted by molar-refractivity contribution is 6.30. The van der Waals surface area contributed by atoms with Crippen LogP contribution >= 0.6 is 11.6 Å². The van der Waals surface area contributed by atoms with Crippen LogP contribution in [0.1, 0.15) is 27.4 Å². The number of carbonyl (C=O) groups is 1. The van der Waals surface area contributed by atoms with Gasteiger partial charge in [0.15, 0.2) is 11.5 Å². The van der Waals surface area contributed by atoms with Crippen molar-refractivity contribution >= 4 is 17.6 Å². The van der Waals surface area contributed by atoms with Gasteiger partial charge in [0.05, 0.1) is 23.9 Å². The van der Waals surface area contributed by atoms with Gasteiger partial charge in [0.2, 0.25) is 0 Å². The molecular weight excluding hydrogens is 410 g/mol. The quantitative estimate of drug-likeness (QED) is 0.356. The van der Waals surface area contributed by atoms with Gasteiger partial charge in [-0.3, -0.25) is 0 Å². The average Bonchev–Trinajstić information content (AvgIpc) is 3.06. The van der Waals surface area contributed by atoms with Crippen LogP contribution in [0, 0.1) is 13.8 Å². The molecule has 0 fully saturated rings. The highest BCUT2D eigenvalue weighted by Crippen LogP contribution is 2.30. The van der Waals surface area contributed by atoms with E-state index >= 15 is 0 Å².